The number of ether oxygens (including phenoxy) is 1. The number of hydrogen-bond donors (Lipinski definition) is 1. The molecule has 0 amide bonds. The molecular formula is C7H8N4O4S. The number of thioether (sulfide) groups is 1. The Hall–Kier alpha value is -1.90. The van der Waals surface area contributed by atoms with Crippen LogP contribution in [0.1, 0.15) is 0 Å². The summed E-state index contributed by atoms with van der Waals surface area (Å²) in [5.74, 6) is -0.808. The smallest absolute Gasteiger partial charge is 0.343 e. The van der Waals surface area contributed by atoms with Gasteiger partial charge in [0.15, 0.2) is 5.03 Å². The zero-order chi connectivity index (χ0) is 12.1. The molecule has 1 aromatic rings. The maximum absolute atomic E-state index is 10.9. The lowest BCUT2D eigenvalue weighted by Gasteiger charge is -2.02. The molecule has 0 atom stereocenters. The van der Waals surface area contributed by atoms with E-state index in [2.05, 4.69) is 14.7 Å². The lowest BCUT2D eigenvalue weighted by Crippen LogP contribution is -2.06. The zero-order valence-electron chi connectivity index (χ0n) is 8.24. The number of rotatable bonds is 4. The summed E-state index contributed by atoms with van der Waals surface area (Å²) in [7, 11) is 1.23. The van der Waals surface area contributed by atoms with Crippen molar-refractivity contribution in [3.8, 4) is 0 Å². The summed E-state index contributed by atoms with van der Waals surface area (Å²) >= 11 is 0.875. The van der Waals surface area contributed by atoms with E-state index in [0.717, 1.165) is 18.1 Å². The van der Waals surface area contributed by atoms with Crippen LogP contribution in [0.25, 0.3) is 0 Å². The van der Waals surface area contributed by atoms with E-state index in [0.29, 0.717) is 0 Å². The molecular weight excluding hydrogens is 236 g/mol. The molecule has 1 aromatic heterocycles. The lowest BCUT2D eigenvalue weighted by molar-refractivity contribution is -0.387. The number of methoxy groups -OCH3 is 1. The molecule has 1 heterocycles. The summed E-state index contributed by atoms with van der Waals surface area (Å²) in [6.45, 7) is 0. The van der Waals surface area contributed by atoms with Gasteiger partial charge in [0, 0.05) is 0 Å². The normalized spacial score (nSPS) is 9.81. The highest BCUT2D eigenvalue weighted by Crippen LogP contribution is 2.30. The van der Waals surface area contributed by atoms with Crippen molar-refractivity contribution in [1.29, 1.82) is 0 Å². The van der Waals surface area contributed by atoms with Gasteiger partial charge < -0.3 is 10.5 Å². The molecule has 0 bridgehead atoms. The third kappa shape index (κ3) is 2.79. The van der Waals surface area contributed by atoms with Crippen molar-refractivity contribution in [3.05, 3.63) is 16.4 Å². The van der Waals surface area contributed by atoms with Crippen molar-refractivity contribution in [2.45, 2.75) is 5.03 Å². The molecule has 0 spiro atoms. The van der Waals surface area contributed by atoms with Crippen molar-refractivity contribution in [2.24, 2.45) is 0 Å². The van der Waals surface area contributed by atoms with Gasteiger partial charge in [0.1, 0.15) is 6.33 Å². The molecule has 0 saturated carbocycles. The van der Waals surface area contributed by atoms with Crippen molar-refractivity contribution in [3.63, 3.8) is 0 Å². The van der Waals surface area contributed by atoms with E-state index in [-0.39, 0.29) is 16.6 Å². The van der Waals surface area contributed by atoms with E-state index >= 15 is 0 Å². The van der Waals surface area contributed by atoms with Gasteiger partial charge in [-0.05, 0) is 0 Å². The second-order valence-corrected chi connectivity index (χ2v) is 3.50. The minimum atomic E-state index is -0.686. The topological polar surface area (TPSA) is 121 Å². The number of nitrogen functional groups attached to an aromatic ring is 1. The Morgan fingerprint density at radius 2 is 2.38 bits per heavy atom. The molecule has 0 aliphatic heterocycles. The van der Waals surface area contributed by atoms with E-state index in [1.54, 1.807) is 0 Å². The molecule has 0 unspecified atom stereocenters. The third-order valence-electron chi connectivity index (χ3n) is 1.55. The molecule has 0 radical (unpaired) electrons. The summed E-state index contributed by atoms with van der Waals surface area (Å²) in [5, 5.41) is 10.7. The van der Waals surface area contributed by atoms with E-state index in [9.17, 15) is 14.9 Å². The number of anilines is 1. The van der Waals surface area contributed by atoms with Crippen molar-refractivity contribution in [1.82, 2.24) is 9.97 Å². The van der Waals surface area contributed by atoms with Gasteiger partial charge in [-0.1, -0.05) is 11.8 Å². The van der Waals surface area contributed by atoms with Gasteiger partial charge in [-0.3, -0.25) is 14.9 Å². The number of hydrogen-bond acceptors (Lipinski definition) is 8. The maximum atomic E-state index is 10.9. The Morgan fingerprint density at radius 1 is 1.69 bits per heavy atom. The van der Waals surface area contributed by atoms with Crippen molar-refractivity contribution >= 4 is 29.2 Å². The molecule has 8 nitrogen and oxygen atoms in total. The van der Waals surface area contributed by atoms with Crippen LogP contribution in [-0.2, 0) is 9.53 Å². The van der Waals surface area contributed by atoms with Crippen LogP contribution >= 0.6 is 11.8 Å². The molecule has 2 N–H and O–H groups in total. The van der Waals surface area contributed by atoms with Crippen LogP contribution in [0.2, 0.25) is 0 Å². The van der Waals surface area contributed by atoms with Gasteiger partial charge in [0.05, 0.1) is 17.8 Å². The molecule has 0 aromatic carbocycles. The van der Waals surface area contributed by atoms with Crippen LogP contribution in [0.4, 0.5) is 11.5 Å². The maximum Gasteiger partial charge on any atom is 0.343 e. The fourth-order valence-corrected chi connectivity index (χ4v) is 1.65. The average Bonchev–Trinajstić information content (AvgIpc) is 2.25. The highest BCUT2D eigenvalue weighted by Gasteiger charge is 2.21. The highest BCUT2D eigenvalue weighted by molar-refractivity contribution is 8.00. The first kappa shape index (κ1) is 12.2. The van der Waals surface area contributed by atoms with Gasteiger partial charge in [0.2, 0.25) is 5.82 Å². The molecule has 0 fully saturated rings. The Bertz CT molecular complexity index is 425. The van der Waals surface area contributed by atoms with E-state index in [1.807, 2.05) is 0 Å². The summed E-state index contributed by atoms with van der Waals surface area (Å²) < 4.78 is 4.40. The number of esters is 1. The van der Waals surface area contributed by atoms with E-state index in [4.69, 9.17) is 5.73 Å². The largest absolute Gasteiger partial charge is 0.468 e. The molecule has 0 saturated heterocycles. The van der Waals surface area contributed by atoms with Crippen molar-refractivity contribution < 1.29 is 14.5 Å². The number of aromatic nitrogens is 2. The Labute approximate surface area is 94.4 Å². The summed E-state index contributed by atoms with van der Waals surface area (Å²) in [4.78, 5) is 28.0. The second-order valence-electron chi connectivity index (χ2n) is 2.53. The molecule has 86 valence electrons. The van der Waals surface area contributed by atoms with Gasteiger partial charge in [-0.25, -0.2) is 9.97 Å². The first-order chi connectivity index (χ1) is 7.56. The van der Waals surface area contributed by atoms with Crippen LogP contribution in [0.5, 0.6) is 0 Å². The van der Waals surface area contributed by atoms with Gasteiger partial charge >= 0.3 is 11.7 Å². The lowest BCUT2D eigenvalue weighted by atomic mass is 10.5. The Morgan fingerprint density at radius 3 is 2.94 bits per heavy atom. The van der Waals surface area contributed by atoms with Crippen LogP contribution in [0.3, 0.4) is 0 Å². The summed E-state index contributed by atoms with van der Waals surface area (Å²) in [6, 6.07) is 0. The predicted octanol–water partition coefficient (Wildman–Crippen LogP) is 0.232. The quantitative estimate of drug-likeness (QED) is 0.262. The first-order valence-electron chi connectivity index (χ1n) is 4.00. The third-order valence-corrected chi connectivity index (χ3v) is 2.51. The van der Waals surface area contributed by atoms with E-state index < -0.39 is 16.6 Å². The fraction of sp³-hybridized carbons (Fsp3) is 0.286. The van der Waals surface area contributed by atoms with Crippen LogP contribution in [-0.4, -0.2) is 33.7 Å². The minimum Gasteiger partial charge on any atom is -0.468 e. The molecule has 16 heavy (non-hydrogen) atoms. The standard InChI is InChI=1S/C7H8N4O4S/c1-15-4(12)2-16-7-5(11(13)14)6(8)9-3-10-7/h3H,2H2,1H3,(H2,8,9,10). The Kier molecular flexibility index (Phi) is 4.00. The summed E-state index contributed by atoms with van der Waals surface area (Å²) in [6.07, 6.45) is 1.10. The minimum absolute atomic E-state index is 0.0444. The van der Waals surface area contributed by atoms with E-state index in [1.165, 1.54) is 7.11 Å². The number of nitrogens with two attached hydrogens (primary N) is 1. The number of carbonyl (C=O) groups excluding carboxylic acids is 1. The molecule has 9 heteroatoms. The monoisotopic (exact) mass is 244 g/mol. The molecule has 0 aliphatic rings. The number of nitro groups is 1. The molecule has 1 rings (SSSR count). The SMILES string of the molecule is COC(=O)CSc1ncnc(N)c1[N+](=O)[O-]. The van der Waals surface area contributed by atoms with Gasteiger partial charge in [0.25, 0.3) is 0 Å². The zero-order valence-corrected chi connectivity index (χ0v) is 9.06. The predicted molar refractivity (Wildman–Crippen MR) is 55.8 cm³/mol. The van der Waals surface area contributed by atoms with Gasteiger partial charge in [-0.2, -0.15) is 0 Å². The first-order valence-corrected chi connectivity index (χ1v) is 4.99. The van der Waals surface area contributed by atoms with Gasteiger partial charge in [-0.15, -0.1) is 0 Å². The average molecular weight is 244 g/mol. The second kappa shape index (κ2) is 5.26. The number of nitrogens with zero attached hydrogens (tertiary/aromatic N) is 3. The summed E-state index contributed by atoms with van der Waals surface area (Å²) in [5.41, 5.74) is 4.95. The van der Waals surface area contributed by atoms with Crippen molar-refractivity contribution in [2.75, 3.05) is 18.6 Å². The number of carbonyl (C=O) groups is 1. The Balaban J connectivity index is 2.91. The molecule has 0 aliphatic carbocycles. The highest BCUT2D eigenvalue weighted by atomic mass is 32.2. The van der Waals surface area contributed by atoms with Crippen LogP contribution < -0.4 is 5.73 Å². The van der Waals surface area contributed by atoms with Crippen LogP contribution in [0.15, 0.2) is 11.4 Å². The fourth-order valence-electron chi connectivity index (χ4n) is 0.839. The van der Waals surface area contributed by atoms with Crippen LogP contribution in [0, 0.1) is 10.1 Å².